The van der Waals surface area contributed by atoms with Gasteiger partial charge < -0.3 is 5.32 Å². The van der Waals surface area contributed by atoms with Crippen molar-refractivity contribution in [2.24, 2.45) is 11.8 Å². The second kappa shape index (κ2) is 5.22. The minimum atomic E-state index is 0.809. The fourth-order valence-electron chi connectivity index (χ4n) is 3.12. The SMILES string of the molecule is Cc1cc(C)c(CC2CNCCC2C)c(C)c1. The summed E-state index contributed by atoms with van der Waals surface area (Å²) in [5.74, 6) is 1.67. The Morgan fingerprint density at radius 1 is 1.18 bits per heavy atom. The average molecular weight is 231 g/mol. The molecule has 94 valence electrons. The Labute approximate surface area is 106 Å². The van der Waals surface area contributed by atoms with Crippen LogP contribution in [0.2, 0.25) is 0 Å². The van der Waals surface area contributed by atoms with Crippen LogP contribution >= 0.6 is 0 Å². The third kappa shape index (κ3) is 2.90. The molecule has 0 bridgehead atoms. The summed E-state index contributed by atoms with van der Waals surface area (Å²) in [5, 5.41) is 3.54. The molecular weight excluding hydrogens is 206 g/mol. The van der Waals surface area contributed by atoms with E-state index >= 15 is 0 Å². The van der Waals surface area contributed by atoms with E-state index in [1.54, 1.807) is 5.56 Å². The molecule has 17 heavy (non-hydrogen) atoms. The molecule has 1 aromatic rings. The van der Waals surface area contributed by atoms with Crippen molar-refractivity contribution < 1.29 is 0 Å². The standard InChI is InChI=1S/C16H25N/c1-11-7-13(3)16(14(4)8-11)9-15-10-17-6-5-12(15)2/h7-8,12,15,17H,5-6,9-10H2,1-4H3. The lowest BCUT2D eigenvalue weighted by Crippen LogP contribution is -2.36. The van der Waals surface area contributed by atoms with Crippen LogP contribution in [0.5, 0.6) is 0 Å². The first-order valence-corrected chi connectivity index (χ1v) is 6.85. The van der Waals surface area contributed by atoms with Gasteiger partial charge in [-0.1, -0.05) is 24.6 Å². The molecule has 1 aliphatic rings. The second-order valence-electron chi connectivity index (χ2n) is 5.81. The lowest BCUT2D eigenvalue weighted by molar-refractivity contribution is 0.272. The van der Waals surface area contributed by atoms with Crippen LogP contribution in [0, 0.1) is 32.6 Å². The van der Waals surface area contributed by atoms with Gasteiger partial charge in [0, 0.05) is 0 Å². The quantitative estimate of drug-likeness (QED) is 0.822. The van der Waals surface area contributed by atoms with Gasteiger partial charge in [0.2, 0.25) is 0 Å². The van der Waals surface area contributed by atoms with Crippen molar-refractivity contribution in [1.29, 1.82) is 0 Å². The van der Waals surface area contributed by atoms with Crippen molar-refractivity contribution in [3.05, 3.63) is 34.4 Å². The zero-order valence-electron chi connectivity index (χ0n) is 11.6. The summed E-state index contributed by atoms with van der Waals surface area (Å²) in [4.78, 5) is 0. The van der Waals surface area contributed by atoms with Crippen molar-refractivity contribution >= 4 is 0 Å². The summed E-state index contributed by atoms with van der Waals surface area (Å²) in [5.41, 5.74) is 5.91. The number of benzene rings is 1. The topological polar surface area (TPSA) is 12.0 Å². The fraction of sp³-hybridized carbons (Fsp3) is 0.625. The average Bonchev–Trinajstić information content (AvgIpc) is 2.25. The highest BCUT2D eigenvalue weighted by molar-refractivity contribution is 5.37. The van der Waals surface area contributed by atoms with Crippen molar-refractivity contribution in [3.8, 4) is 0 Å². The van der Waals surface area contributed by atoms with Crippen LogP contribution in [-0.4, -0.2) is 13.1 Å². The van der Waals surface area contributed by atoms with Gasteiger partial charge in [0.05, 0.1) is 0 Å². The van der Waals surface area contributed by atoms with Gasteiger partial charge >= 0.3 is 0 Å². The fourth-order valence-corrected chi connectivity index (χ4v) is 3.12. The summed E-state index contributed by atoms with van der Waals surface area (Å²) >= 11 is 0. The first-order chi connectivity index (χ1) is 8.08. The maximum atomic E-state index is 3.54. The van der Waals surface area contributed by atoms with Crippen molar-refractivity contribution in [3.63, 3.8) is 0 Å². The summed E-state index contributed by atoms with van der Waals surface area (Å²) < 4.78 is 0. The number of nitrogens with one attached hydrogen (secondary N) is 1. The van der Waals surface area contributed by atoms with Gasteiger partial charge in [0.25, 0.3) is 0 Å². The first-order valence-electron chi connectivity index (χ1n) is 6.85. The molecule has 1 aromatic carbocycles. The molecule has 0 amide bonds. The summed E-state index contributed by atoms with van der Waals surface area (Å²) in [6.45, 7) is 11.5. The maximum Gasteiger partial charge on any atom is -0.00148 e. The third-order valence-electron chi connectivity index (χ3n) is 4.29. The van der Waals surface area contributed by atoms with E-state index in [0.29, 0.717) is 0 Å². The Bertz CT molecular complexity index is 372. The summed E-state index contributed by atoms with van der Waals surface area (Å²) in [6, 6.07) is 4.65. The molecule has 0 radical (unpaired) electrons. The largest absolute Gasteiger partial charge is 0.316 e. The lowest BCUT2D eigenvalue weighted by Gasteiger charge is -2.30. The minimum Gasteiger partial charge on any atom is -0.316 e. The highest BCUT2D eigenvalue weighted by atomic mass is 14.9. The van der Waals surface area contributed by atoms with Crippen LogP contribution in [-0.2, 0) is 6.42 Å². The van der Waals surface area contributed by atoms with Gasteiger partial charge in [-0.15, -0.1) is 0 Å². The smallest absolute Gasteiger partial charge is 0.00148 e. The zero-order chi connectivity index (χ0) is 12.4. The van der Waals surface area contributed by atoms with E-state index < -0.39 is 0 Å². The number of hydrogen-bond acceptors (Lipinski definition) is 1. The number of hydrogen-bond donors (Lipinski definition) is 1. The normalized spacial score (nSPS) is 24.9. The van der Waals surface area contributed by atoms with Gasteiger partial charge in [-0.25, -0.2) is 0 Å². The van der Waals surface area contributed by atoms with Crippen LogP contribution in [0.25, 0.3) is 0 Å². The van der Waals surface area contributed by atoms with Crippen LogP contribution in [0.1, 0.15) is 35.6 Å². The number of rotatable bonds is 2. The number of piperidine rings is 1. The van der Waals surface area contributed by atoms with E-state index in [9.17, 15) is 0 Å². The van der Waals surface area contributed by atoms with Gasteiger partial charge in [0.1, 0.15) is 0 Å². The van der Waals surface area contributed by atoms with Gasteiger partial charge in [-0.2, -0.15) is 0 Å². The molecule has 1 aliphatic heterocycles. The molecule has 2 atom stereocenters. The highest BCUT2D eigenvalue weighted by Gasteiger charge is 2.22. The Balaban J connectivity index is 2.17. The molecule has 0 aliphatic carbocycles. The number of aryl methyl sites for hydroxylation is 3. The van der Waals surface area contributed by atoms with Gasteiger partial charge in [-0.3, -0.25) is 0 Å². The molecule has 1 heteroatoms. The molecule has 1 heterocycles. The van der Waals surface area contributed by atoms with Gasteiger partial charge in [-0.05, 0) is 75.2 Å². The van der Waals surface area contributed by atoms with E-state index in [1.807, 2.05) is 0 Å². The van der Waals surface area contributed by atoms with E-state index in [0.717, 1.165) is 11.8 Å². The Hall–Kier alpha value is -0.820. The van der Waals surface area contributed by atoms with Crippen LogP contribution < -0.4 is 5.32 Å². The molecule has 1 nitrogen and oxygen atoms in total. The maximum absolute atomic E-state index is 3.54. The predicted octanol–water partition coefficient (Wildman–Crippen LogP) is 3.40. The third-order valence-corrected chi connectivity index (χ3v) is 4.29. The van der Waals surface area contributed by atoms with Crippen LogP contribution in [0.15, 0.2) is 12.1 Å². The highest BCUT2D eigenvalue weighted by Crippen LogP contribution is 2.26. The summed E-state index contributed by atoms with van der Waals surface area (Å²) in [6.07, 6.45) is 2.57. The molecule has 1 saturated heterocycles. The zero-order valence-corrected chi connectivity index (χ0v) is 11.6. The molecule has 2 unspecified atom stereocenters. The van der Waals surface area contributed by atoms with Crippen molar-refractivity contribution in [2.45, 2.75) is 40.5 Å². The molecular formula is C16H25N. The molecule has 0 spiro atoms. The Kier molecular flexibility index (Phi) is 3.88. The van der Waals surface area contributed by atoms with Crippen LogP contribution in [0.3, 0.4) is 0 Å². The molecule has 2 rings (SSSR count). The minimum absolute atomic E-state index is 0.809. The molecule has 0 saturated carbocycles. The Morgan fingerprint density at radius 2 is 1.82 bits per heavy atom. The summed E-state index contributed by atoms with van der Waals surface area (Å²) in [7, 11) is 0. The lowest BCUT2D eigenvalue weighted by atomic mass is 9.81. The second-order valence-corrected chi connectivity index (χ2v) is 5.81. The van der Waals surface area contributed by atoms with E-state index in [2.05, 4.69) is 45.1 Å². The molecule has 0 aromatic heterocycles. The first kappa shape index (κ1) is 12.6. The van der Waals surface area contributed by atoms with E-state index in [-0.39, 0.29) is 0 Å². The molecule has 1 N–H and O–H groups in total. The van der Waals surface area contributed by atoms with Crippen molar-refractivity contribution in [1.82, 2.24) is 5.32 Å². The molecule has 1 fully saturated rings. The Morgan fingerprint density at radius 3 is 2.41 bits per heavy atom. The van der Waals surface area contributed by atoms with E-state index in [1.165, 1.54) is 42.6 Å². The predicted molar refractivity (Wildman–Crippen MR) is 74.5 cm³/mol. The van der Waals surface area contributed by atoms with Crippen LogP contribution in [0.4, 0.5) is 0 Å². The van der Waals surface area contributed by atoms with E-state index in [4.69, 9.17) is 0 Å². The van der Waals surface area contributed by atoms with Crippen molar-refractivity contribution in [2.75, 3.05) is 13.1 Å². The monoisotopic (exact) mass is 231 g/mol. The van der Waals surface area contributed by atoms with Gasteiger partial charge in [0.15, 0.2) is 0 Å².